The molecule has 1 saturated heterocycles. The summed E-state index contributed by atoms with van der Waals surface area (Å²) in [6.45, 7) is 7.04. The Hall–Kier alpha value is -1.06. The molecule has 4 nitrogen and oxygen atoms in total. The highest BCUT2D eigenvalue weighted by atomic mass is 16.4. The zero-order chi connectivity index (χ0) is 15.0. The SMILES string of the molecule is CC1(C(=O)N2CCCC(C(C)(C)C(=O)O)C2)CCCC1. The Labute approximate surface area is 121 Å². The van der Waals surface area contributed by atoms with Crippen LogP contribution in [0.3, 0.4) is 0 Å². The van der Waals surface area contributed by atoms with Crippen LogP contribution in [0.4, 0.5) is 0 Å². The molecule has 2 rings (SSSR count). The van der Waals surface area contributed by atoms with Gasteiger partial charge in [0.05, 0.1) is 5.41 Å². The molecule has 1 unspecified atom stereocenters. The molecular formula is C16H27NO3. The lowest BCUT2D eigenvalue weighted by Gasteiger charge is -2.41. The van der Waals surface area contributed by atoms with E-state index in [4.69, 9.17) is 0 Å². The van der Waals surface area contributed by atoms with Crippen molar-refractivity contribution >= 4 is 11.9 Å². The zero-order valence-electron chi connectivity index (χ0n) is 12.9. The van der Waals surface area contributed by atoms with Gasteiger partial charge in [0.1, 0.15) is 0 Å². The fourth-order valence-electron chi connectivity index (χ4n) is 3.68. The summed E-state index contributed by atoms with van der Waals surface area (Å²) in [5, 5.41) is 9.38. The highest BCUT2D eigenvalue weighted by Crippen LogP contribution is 2.41. The first kappa shape index (κ1) is 15.3. The molecule has 114 valence electrons. The quantitative estimate of drug-likeness (QED) is 0.865. The van der Waals surface area contributed by atoms with Gasteiger partial charge in [-0.3, -0.25) is 9.59 Å². The van der Waals surface area contributed by atoms with Gasteiger partial charge in [0.2, 0.25) is 5.91 Å². The molecule has 1 atom stereocenters. The van der Waals surface area contributed by atoms with Crippen LogP contribution in [-0.4, -0.2) is 35.0 Å². The van der Waals surface area contributed by atoms with Gasteiger partial charge >= 0.3 is 5.97 Å². The molecule has 1 aliphatic carbocycles. The Balaban J connectivity index is 2.07. The molecule has 1 saturated carbocycles. The van der Waals surface area contributed by atoms with Gasteiger partial charge in [-0.2, -0.15) is 0 Å². The summed E-state index contributed by atoms with van der Waals surface area (Å²) in [6, 6.07) is 0. The molecule has 1 amide bonds. The lowest BCUT2D eigenvalue weighted by atomic mass is 9.74. The predicted molar refractivity (Wildman–Crippen MR) is 77.3 cm³/mol. The zero-order valence-corrected chi connectivity index (χ0v) is 12.9. The molecule has 0 spiro atoms. The largest absolute Gasteiger partial charge is 0.481 e. The summed E-state index contributed by atoms with van der Waals surface area (Å²) in [4.78, 5) is 26.1. The Morgan fingerprint density at radius 1 is 1.20 bits per heavy atom. The van der Waals surface area contributed by atoms with Gasteiger partial charge in [-0.15, -0.1) is 0 Å². The fraction of sp³-hybridized carbons (Fsp3) is 0.875. The van der Waals surface area contributed by atoms with Crippen molar-refractivity contribution in [3.63, 3.8) is 0 Å². The molecule has 0 aromatic rings. The van der Waals surface area contributed by atoms with E-state index in [-0.39, 0.29) is 17.2 Å². The van der Waals surface area contributed by atoms with Crippen molar-refractivity contribution in [2.24, 2.45) is 16.7 Å². The Bertz CT molecular complexity index is 397. The highest BCUT2D eigenvalue weighted by molar-refractivity contribution is 5.83. The fourth-order valence-corrected chi connectivity index (χ4v) is 3.68. The molecule has 4 heteroatoms. The van der Waals surface area contributed by atoms with Crippen molar-refractivity contribution < 1.29 is 14.7 Å². The number of carbonyl (C=O) groups excluding carboxylic acids is 1. The van der Waals surface area contributed by atoms with Gasteiger partial charge in [0.15, 0.2) is 0 Å². The van der Waals surface area contributed by atoms with E-state index >= 15 is 0 Å². The Morgan fingerprint density at radius 3 is 2.35 bits per heavy atom. The highest BCUT2D eigenvalue weighted by Gasteiger charge is 2.44. The number of carboxylic acids is 1. The van der Waals surface area contributed by atoms with Crippen LogP contribution in [0.1, 0.15) is 59.3 Å². The van der Waals surface area contributed by atoms with Gasteiger partial charge in [0.25, 0.3) is 0 Å². The number of carboxylic acid groups (broad SMARTS) is 1. The molecule has 20 heavy (non-hydrogen) atoms. The maximum Gasteiger partial charge on any atom is 0.309 e. The van der Waals surface area contributed by atoms with Crippen molar-refractivity contribution in [2.45, 2.75) is 59.3 Å². The van der Waals surface area contributed by atoms with Crippen molar-refractivity contribution in [1.82, 2.24) is 4.90 Å². The topological polar surface area (TPSA) is 57.6 Å². The van der Waals surface area contributed by atoms with E-state index in [2.05, 4.69) is 6.92 Å². The van der Waals surface area contributed by atoms with Gasteiger partial charge in [-0.1, -0.05) is 19.8 Å². The third-order valence-corrected chi connectivity index (χ3v) is 5.50. The van der Waals surface area contributed by atoms with Crippen LogP contribution in [0.5, 0.6) is 0 Å². The number of carbonyl (C=O) groups is 2. The molecule has 0 radical (unpaired) electrons. The van der Waals surface area contributed by atoms with Gasteiger partial charge in [-0.25, -0.2) is 0 Å². The molecule has 0 aromatic heterocycles. The second kappa shape index (κ2) is 5.38. The second-order valence-electron chi connectivity index (χ2n) is 7.38. The Morgan fingerprint density at radius 2 is 1.80 bits per heavy atom. The lowest BCUT2D eigenvalue weighted by Crippen LogP contribution is -2.50. The average Bonchev–Trinajstić information content (AvgIpc) is 2.86. The van der Waals surface area contributed by atoms with E-state index in [9.17, 15) is 14.7 Å². The number of nitrogens with zero attached hydrogens (tertiary/aromatic N) is 1. The summed E-state index contributed by atoms with van der Waals surface area (Å²) in [7, 11) is 0. The van der Waals surface area contributed by atoms with Gasteiger partial charge < -0.3 is 10.0 Å². The van der Waals surface area contributed by atoms with Crippen LogP contribution < -0.4 is 0 Å². The minimum Gasteiger partial charge on any atom is -0.481 e. The van der Waals surface area contributed by atoms with E-state index < -0.39 is 11.4 Å². The van der Waals surface area contributed by atoms with Gasteiger partial charge in [0, 0.05) is 18.5 Å². The smallest absolute Gasteiger partial charge is 0.309 e. The maximum atomic E-state index is 12.7. The summed E-state index contributed by atoms with van der Waals surface area (Å²) in [5.41, 5.74) is -0.954. The van der Waals surface area contributed by atoms with Crippen molar-refractivity contribution in [3.8, 4) is 0 Å². The summed E-state index contributed by atoms with van der Waals surface area (Å²) >= 11 is 0. The van der Waals surface area contributed by atoms with E-state index in [1.165, 1.54) is 0 Å². The number of piperidine rings is 1. The van der Waals surface area contributed by atoms with Crippen LogP contribution in [-0.2, 0) is 9.59 Å². The molecule has 0 bridgehead atoms. The molecule has 2 aliphatic rings. The van der Waals surface area contributed by atoms with E-state index in [0.717, 1.165) is 45.1 Å². The summed E-state index contributed by atoms with van der Waals surface area (Å²) in [6.07, 6.45) is 6.06. The third kappa shape index (κ3) is 2.70. The van der Waals surface area contributed by atoms with E-state index in [1.807, 2.05) is 4.90 Å². The lowest BCUT2D eigenvalue weighted by molar-refractivity contribution is -0.155. The van der Waals surface area contributed by atoms with E-state index in [1.54, 1.807) is 13.8 Å². The molecule has 0 aromatic carbocycles. The number of amides is 1. The third-order valence-electron chi connectivity index (χ3n) is 5.50. The maximum absolute atomic E-state index is 12.7. The molecule has 1 N–H and O–H groups in total. The summed E-state index contributed by atoms with van der Waals surface area (Å²) in [5.74, 6) is -0.451. The van der Waals surface area contributed by atoms with Crippen molar-refractivity contribution in [2.75, 3.05) is 13.1 Å². The van der Waals surface area contributed by atoms with Crippen LogP contribution in [0.25, 0.3) is 0 Å². The monoisotopic (exact) mass is 281 g/mol. The van der Waals surface area contributed by atoms with Gasteiger partial charge in [-0.05, 0) is 45.4 Å². The number of hydrogen-bond donors (Lipinski definition) is 1. The van der Waals surface area contributed by atoms with Crippen LogP contribution in [0.2, 0.25) is 0 Å². The summed E-state index contributed by atoms with van der Waals surface area (Å²) < 4.78 is 0. The number of rotatable bonds is 3. The van der Waals surface area contributed by atoms with E-state index in [0.29, 0.717) is 6.54 Å². The van der Waals surface area contributed by atoms with Crippen molar-refractivity contribution in [1.29, 1.82) is 0 Å². The molecule has 1 heterocycles. The standard InChI is InChI=1S/C16H27NO3/c1-15(2,14(19)20)12-7-6-10-17(11-12)13(18)16(3)8-4-5-9-16/h12H,4-11H2,1-3H3,(H,19,20). The molecule has 1 aliphatic heterocycles. The molecular weight excluding hydrogens is 254 g/mol. The number of hydrogen-bond acceptors (Lipinski definition) is 2. The first-order valence-corrected chi connectivity index (χ1v) is 7.80. The normalized spacial score (nSPS) is 26.6. The number of aliphatic carboxylic acids is 1. The van der Waals surface area contributed by atoms with Crippen LogP contribution in [0.15, 0.2) is 0 Å². The minimum absolute atomic E-state index is 0.0581. The average molecular weight is 281 g/mol. The first-order valence-electron chi connectivity index (χ1n) is 7.80. The number of likely N-dealkylation sites (tertiary alicyclic amines) is 1. The Kier molecular flexibility index (Phi) is 4.12. The van der Waals surface area contributed by atoms with Crippen molar-refractivity contribution in [3.05, 3.63) is 0 Å². The minimum atomic E-state index is -0.760. The predicted octanol–water partition coefficient (Wildman–Crippen LogP) is 2.92. The van der Waals surface area contributed by atoms with Crippen LogP contribution in [0, 0.1) is 16.7 Å². The van der Waals surface area contributed by atoms with Crippen LogP contribution >= 0.6 is 0 Å². The first-order chi connectivity index (χ1) is 9.27. The molecule has 2 fully saturated rings. The second-order valence-corrected chi connectivity index (χ2v) is 7.38.